The molecule has 20 heavy (non-hydrogen) atoms. The number of fused-ring (bicyclic) bond motifs is 1. The largest absolute Gasteiger partial charge is 0.349 e. The average molecular weight is 274 g/mol. The van der Waals surface area contributed by atoms with E-state index >= 15 is 0 Å². The van der Waals surface area contributed by atoms with Crippen LogP contribution in [0.2, 0.25) is 0 Å². The highest BCUT2D eigenvalue weighted by Crippen LogP contribution is 2.18. The third-order valence-electron chi connectivity index (χ3n) is 4.01. The summed E-state index contributed by atoms with van der Waals surface area (Å²) in [5.41, 5.74) is 7.17. The molecule has 2 aromatic heterocycles. The molecule has 0 radical (unpaired) electrons. The fraction of sp³-hybridized carbons (Fsp3) is 0.467. The SMILES string of the molecule is CC(C)C(C)(CN)NC(=O)Cc1c[nH]c2ncccc12. The van der Waals surface area contributed by atoms with Gasteiger partial charge in [0.1, 0.15) is 5.65 Å². The van der Waals surface area contributed by atoms with E-state index in [0.717, 1.165) is 16.6 Å². The second-order valence-corrected chi connectivity index (χ2v) is 5.71. The van der Waals surface area contributed by atoms with Gasteiger partial charge in [-0.1, -0.05) is 13.8 Å². The Morgan fingerprint density at radius 2 is 2.30 bits per heavy atom. The van der Waals surface area contributed by atoms with Crippen molar-refractivity contribution in [2.45, 2.75) is 32.7 Å². The number of carbonyl (C=O) groups excluding carboxylic acids is 1. The molecule has 1 unspecified atom stereocenters. The van der Waals surface area contributed by atoms with Crippen molar-refractivity contribution in [2.24, 2.45) is 11.7 Å². The Morgan fingerprint density at radius 1 is 1.55 bits per heavy atom. The van der Waals surface area contributed by atoms with Crippen LogP contribution in [-0.2, 0) is 11.2 Å². The van der Waals surface area contributed by atoms with E-state index in [2.05, 4.69) is 29.1 Å². The molecule has 0 saturated carbocycles. The summed E-state index contributed by atoms with van der Waals surface area (Å²) >= 11 is 0. The zero-order valence-electron chi connectivity index (χ0n) is 12.2. The van der Waals surface area contributed by atoms with Crippen molar-refractivity contribution in [3.63, 3.8) is 0 Å². The molecule has 0 saturated heterocycles. The average Bonchev–Trinajstić information content (AvgIpc) is 2.82. The first kappa shape index (κ1) is 14.5. The van der Waals surface area contributed by atoms with Crippen molar-refractivity contribution in [3.05, 3.63) is 30.1 Å². The van der Waals surface area contributed by atoms with Gasteiger partial charge in [0.2, 0.25) is 5.91 Å². The highest BCUT2D eigenvalue weighted by molar-refractivity contribution is 5.87. The molecule has 2 rings (SSSR count). The molecule has 0 spiro atoms. The summed E-state index contributed by atoms with van der Waals surface area (Å²) < 4.78 is 0. The molecule has 0 fully saturated rings. The molecule has 2 aromatic rings. The summed E-state index contributed by atoms with van der Waals surface area (Å²) in [5.74, 6) is 0.262. The molecule has 1 amide bonds. The lowest BCUT2D eigenvalue weighted by Crippen LogP contribution is -2.55. The van der Waals surface area contributed by atoms with Crippen LogP contribution in [0, 0.1) is 5.92 Å². The van der Waals surface area contributed by atoms with Gasteiger partial charge in [-0.2, -0.15) is 0 Å². The number of aromatic amines is 1. The topological polar surface area (TPSA) is 83.8 Å². The van der Waals surface area contributed by atoms with Crippen molar-refractivity contribution in [1.29, 1.82) is 0 Å². The zero-order valence-corrected chi connectivity index (χ0v) is 12.2. The quantitative estimate of drug-likeness (QED) is 0.774. The summed E-state index contributed by atoms with van der Waals surface area (Å²) in [5, 5.41) is 4.03. The first-order valence-electron chi connectivity index (χ1n) is 6.88. The Hall–Kier alpha value is -1.88. The van der Waals surface area contributed by atoms with Gasteiger partial charge in [-0.05, 0) is 30.5 Å². The number of amides is 1. The van der Waals surface area contributed by atoms with Crippen LogP contribution in [0.25, 0.3) is 11.0 Å². The van der Waals surface area contributed by atoms with Crippen LogP contribution in [0.3, 0.4) is 0 Å². The molecule has 0 aromatic carbocycles. The van der Waals surface area contributed by atoms with Crippen molar-refractivity contribution in [2.75, 3.05) is 6.54 Å². The van der Waals surface area contributed by atoms with Gasteiger partial charge in [-0.25, -0.2) is 4.98 Å². The number of rotatable bonds is 5. The third-order valence-corrected chi connectivity index (χ3v) is 4.01. The summed E-state index contributed by atoms with van der Waals surface area (Å²) in [6.45, 7) is 6.52. The first-order valence-corrected chi connectivity index (χ1v) is 6.88. The monoisotopic (exact) mass is 274 g/mol. The Morgan fingerprint density at radius 3 is 2.95 bits per heavy atom. The van der Waals surface area contributed by atoms with Crippen LogP contribution in [0.1, 0.15) is 26.3 Å². The molecule has 0 aliphatic rings. The Bertz CT molecular complexity index is 605. The van der Waals surface area contributed by atoms with Gasteiger partial charge < -0.3 is 16.0 Å². The summed E-state index contributed by atoms with van der Waals surface area (Å²) in [7, 11) is 0. The maximum Gasteiger partial charge on any atom is 0.224 e. The number of H-pyrrole nitrogens is 1. The van der Waals surface area contributed by atoms with Crippen molar-refractivity contribution in [1.82, 2.24) is 15.3 Å². The second-order valence-electron chi connectivity index (χ2n) is 5.71. The Kier molecular flexibility index (Phi) is 4.09. The van der Waals surface area contributed by atoms with E-state index in [4.69, 9.17) is 5.73 Å². The second kappa shape index (κ2) is 5.63. The Labute approximate surface area is 119 Å². The van der Waals surface area contributed by atoms with E-state index in [0.29, 0.717) is 13.0 Å². The van der Waals surface area contributed by atoms with Crippen LogP contribution in [-0.4, -0.2) is 28.0 Å². The van der Waals surface area contributed by atoms with Crippen molar-refractivity contribution >= 4 is 16.9 Å². The number of carbonyl (C=O) groups is 1. The number of hydrogen-bond donors (Lipinski definition) is 3. The maximum atomic E-state index is 12.2. The molecule has 5 heteroatoms. The normalized spacial score (nSPS) is 14.4. The van der Waals surface area contributed by atoms with E-state index in [1.165, 1.54) is 0 Å². The lowest BCUT2D eigenvalue weighted by atomic mass is 9.88. The van der Waals surface area contributed by atoms with Gasteiger partial charge >= 0.3 is 0 Å². The molecule has 0 bridgehead atoms. The van der Waals surface area contributed by atoms with E-state index in [1.54, 1.807) is 6.20 Å². The van der Waals surface area contributed by atoms with Gasteiger partial charge in [0.15, 0.2) is 0 Å². The van der Waals surface area contributed by atoms with Gasteiger partial charge in [0.25, 0.3) is 0 Å². The number of nitrogens with one attached hydrogen (secondary N) is 2. The number of nitrogens with two attached hydrogens (primary N) is 1. The minimum absolute atomic E-state index is 0.0172. The van der Waals surface area contributed by atoms with E-state index < -0.39 is 0 Å². The predicted molar refractivity (Wildman–Crippen MR) is 80.2 cm³/mol. The van der Waals surface area contributed by atoms with Gasteiger partial charge in [-0.15, -0.1) is 0 Å². The highest BCUT2D eigenvalue weighted by atomic mass is 16.1. The van der Waals surface area contributed by atoms with E-state index in [-0.39, 0.29) is 17.4 Å². The van der Waals surface area contributed by atoms with Crippen LogP contribution in [0.5, 0.6) is 0 Å². The van der Waals surface area contributed by atoms with E-state index in [9.17, 15) is 4.79 Å². The smallest absolute Gasteiger partial charge is 0.224 e. The zero-order chi connectivity index (χ0) is 14.8. The summed E-state index contributed by atoms with van der Waals surface area (Å²) in [6.07, 6.45) is 3.90. The minimum atomic E-state index is -0.374. The van der Waals surface area contributed by atoms with Gasteiger partial charge in [-0.3, -0.25) is 4.79 Å². The van der Waals surface area contributed by atoms with Gasteiger partial charge in [0, 0.05) is 24.3 Å². The number of aromatic nitrogens is 2. The molecule has 108 valence electrons. The molecule has 2 heterocycles. The summed E-state index contributed by atoms with van der Waals surface area (Å²) in [6, 6.07) is 3.84. The van der Waals surface area contributed by atoms with E-state index in [1.807, 2.05) is 25.3 Å². The van der Waals surface area contributed by atoms with Crippen LogP contribution in [0.4, 0.5) is 0 Å². The van der Waals surface area contributed by atoms with Crippen LogP contribution < -0.4 is 11.1 Å². The van der Waals surface area contributed by atoms with Crippen LogP contribution >= 0.6 is 0 Å². The molecule has 0 aliphatic carbocycles. The number of hydrogen-bond acceptors (Lipinski definition) is 3. The molecular formula is C15H22N4O. The third kappa shape index (κ3) is 2.82. The standard InChI is InChI=1S/C15H22N4O/c1-10(2)15(3,9-16)19-13(20)7-11-8-18-14-12(11)5-4-6-17-14/h4-6,8,10H,7,9,16H2,1-3H3,(H,17,18)(H,19,20). The molecule has 0 aliphatic heterocycles. The van der Waals surface area contributed by atoms with Crippen molar-refractivity contribution < 1.29 is 4.79 Å². The molecule has 4 N–H and O–H groups in total. The summed E-state index contributed by atoms with van der Waals surface area (Å²) in [4.78, 5) is 19.5. The lowest BCUT2D eigenvalue weighted by Gasteiger charge is -2.33. The van der Waals surface area contributed by atoms with Gasteiger partial charge in [0.05, 0.1) is 12.0 Å². The van der Waals surface area contributed by atoms with Crippen molar-refractivity contribution in [3.8, 4) is 0 Å². The predicted octanol–water partition coefficient (Wildman–Crippen LogP) is 1.60. The minimum Gasteiger partial charge on any atom is -0.349 e. The first-order chi connectivity index (χ1) is 9.46. The number of nitrogens with zero attached hydrogens (tertiary/aromatic N) is 1. The van der Waals surface area contributed by atoms with Crippen LogP contribution in [0.15, 0.2) is 24.5 Å². The fourth-order valence-electron chi connectivity index (χ4n) is 2.13. The Balaban J connectivity index is 2.12. The lowest BCUT2D eigenvalue weighted by molar-refractivity contribution is -0.122. The maximum absolute atomic E-state index is 12.2. The fourth-order valence-corrected chi connectivity index (χ4v) is 2.13. The highest BCUT2D eigenvalue weighted by Gasteiger charge is 2.28. The molecule has 5 nitrogen and oxygen atoms in total. The number of pyridine rings is 1. The molecular weight excluding hydrogens is 252 g/mol. The molecule has 1 atom stereocenters.